The van der Waals surface area contributed by atoms with Crippen molar-refractivity contribution in [1.29, 1.82) is 0 Å². The number of hydrogen-bond donors (Lipinski definition) is 0. The van der Waals surface area contributed by atoms with Crippen LogP contribution in [0.25, 0.3) is 0 Å². The molecule has 0 rings (SSSR count). The number of hydrogen-bond acceptors (Lipinski definition) is 1. The molecule has 2 nitrogen and oxygen atoms in total. The summed E-state index contributed by atoms with van der Waals surface area (Å²) in [6, 6.07) is 0. The SMILES string of the molecule is CC(C)C[N+](C)(C)C(C)N(C)C. The molecule has 0 saturated carbocycles. The van der Waals surface area contributed by atoms with Crippen LogP contribution in [0.4, 0.5) is 0 Å². The molecular formula is C10H25N2+. The summed E-state index contributed by atoms with van der Waals surface area (Å²) in [5.41, 5.74) is 0. The van der Waals surface area contributed by atoms with Crippen LogP contribution in [0.5, 0.6) is 0 Å². The van der Waals surface area contributed by atoms with Gasteiger partial charge in [0.15, 0.2) is 0 Å². The van der Waals surface area contributed by atoms with Crippen LogP contribution in [0.2, 0.25) is 0 Å². The van der Waals surface area contributed by atoms with Crippen molar-refractivity contribution in [1.82, 2.24) is 4.90 Å². The van der Waals surface area contributed by atoms with Crippen molar-refractivity contribution in [2.24, 2.45) is 5.92 Å². The van der Waals surface area contributed by atoms with Gasteiger partial charge in [-0.05, 0) is 14.1 Å². The maximum atomic E-state index is 2.30. The van der Waals surface area contributed by atoms with E-state index in [0.29, 0.717) is 6.17 Å². The van der Waals surface area contributed by atoms with Gasteiger partial charge in [0.2, 0.25) is 0 Å². The Morgan fingerprint density at radius 3 is 1.75 bits per heavy atom. The molecule has 0 bridgehead atoms. The van der Waals surface area contributed by atoms with E-state index in [9.17, 15) is 0 Å². The maximum Gasteiger partial charge on any atom is 0.141 e. The van der Waals surface area contributed by atoms with Gasteiger partial charge in [-0.15, -0.1) is 0 Å². The molecule has 0 aromatic carbocycles. The Hall–Kier alpha value is -0.0800. The Balaban J connectivity index is 4.18. The van der Waals surface area contributed by atoms with E-state index in [1.165, 1.54) is 6.54 Å². The zero-order chi connectivity index (χ0) is 9.94. The fraction of sp³-hybridized carbons (Fsp3) is 1.00. The zero-order valence-corrected chi connectivity index (χ0v) is 9.76. The molecule has 0 N–H and O–H groups in total. The molecule has 1 unspecified atom stereocenters. The molecular weight excluding hydrogens is 148 g/mol. The molecule has 0 spiro atoms. The van der Waals surface area contributed by atoms with Crippen LogP contribution >= 0.6 is 0 Å². The highest BCUT2D eigenvalue weighted by Gasteiger charge is 2.26. The first-order valence-electron chi connectivity index (χ1n) is 4.76. The van der Waals surface area contributed by atoms with Crippen molar-refractivity contribution in [3.8, 4) is 0 Å². The fourth-order valence-corrected chi connectivity index (χ4v) is 1.72. The predicted octanol–water partition coefficient (Wildman–Crippen LogP) is 1.63. The Labute approximate surface area is 77.8 Å². The summed E-state index contributed by atoms with van der Waals surface area (Å²) in [5.74, 6) is 0.766. The van der Waals surface area contributed by atoms with Crippen LogP contribution in [-0.2, 0) is 0 Å². The fourth-order valence-electron chi connectivity index (χ4n) is 1.72. The largest absolute Gasteiger partial charge is 0.314 e. The van der Waals surface area contributed by atoms with Crippen LogP contribution in [0.1, 0.15) is 20.8 Å². The molecule has 2 heteroatoms. The van der Waals surface area contributed by atoms with Gasteiger partial charge in [-0.25, -0.2) is 0 Å². The third kappa shape index (κ3) is 3.55. The predicted molar refractivity (Wildman–Crippen MR) is 55.0 cm³/mol. The summed E-state index contributed by atoms with van der Waals surface area (Å²) in [5, 5.41) is 0. The third-order valence-electron chi connectivity index (χ3n) is 2.59. The molecule has 0 aliphatic rings. The lowest BCUT2D eigenvalue weighted by Crippen LogP contribution is -2.55. The highest BCUT2D eigenvalue weighted by molar-refractivity contribution is 4.49. The Morgan fingerprint density at radius 2 is 1.50 bits per heavy atom. The van der Waals surface area contributed by atoms with Gasteiger partial charge < -0.3 is 4.48 Å². The highest BCUT2D eigenvalue weighted by Crippen LogP contribution is 2.11. The van der Waals surface area contributed by atoms with E-state index >= 15 is 0 Å². The van der Waals surface area contributed by atoms with Gasteiger partial charge in [-0.3, -0.25) is 4.90 Å². The van der Waals surface area contributed by atoms with Crippen molar-refractivity contribution in [2.75, 3.05) is 34.7 Å². The normalized spacial score (nSPS) is 15.8. The summed E-state index contributed by atoms with van der Waals surface area (Å²) in [6.07, 6.45) is 0.590. The Morgan fingerprint density at radius 1 is 1.08 bits per heavy atom. The van der Waals surface area contributed by atoms with Crippen molar-refractivity contribution in [2.45, 2.75) is 26.9 Å². The lowest BCUT2D eigenvalue weighted by Gasteiger charge is -2.40. The van der Waals surface area contributed by atoms with E-state index in [4.69, 9.17) is 0 Å². The van der Waals surface area contributed by atoms with E-state index in [2.05, 4.69) is 53.9 Å². The molecule has 0 heterocycles. The summed E-state index contributed by atoms with van der Waals surface area (Å²) < 4.78 is 1.07. The van der Waals surface area contributed by atoms with E-state index < -0.39 is 0 Å². The molecule has 1 atom stereocenters. The smallest absolute Gasteiger partial charge is 0.141 e. The van der Waals surface area contributed by atoms with Crippen molar-refractivity contribution in [3.05, 3.63) is 0 Å². The molecule has 0 amide bonds. The Bertz CT molecular complexity index is 128. The van der Waals surface area contributed by atoms with Crippen LogP contribution in [-0.4, -0.2) is 50.3 Å². The highest BCUT2D eigenvalue weighted by atomic mass is 15.4. The standard InChI is InChI=1S/C10H25N2/c1-9(2)8-12(6,7)10(3)11(4)5/h9-10H,8H2,1-7H3/q+1. The zero-order valence-electron chi connectivity index (χ0n) is 9.76. The average molecular weight is 173 g/mol. The lowest BCUT2D eigenvalue weighted by atomic mass is 10.2. The van der Waals surface area contributed by atoms with Crippen LogP contribution in [0.15, 0.2) is 0 Å². The molecule has 12 heavy (non-hydrogen) atoms. The van der Waals surface area contributed by atoms with Crippen LogP contribution < -0.4 is 0 Å². The van der Waals surface area contributed by atoms with Crippen molar-refractivity contribution < 1.29 is 4.48 Å². The van der Waals surface area contributed by atoms with Gasteiger partial charge >= 0.3 is 0 Å². The molecule has 0 saturated heterocycles. The first kappa shape index (κ1) is 11.9. The second-order valence-electron chi connectivity index (χ2n) is 4.95. The molecule has 74 valence electrons. The summed E-state index contributed by atoms with van der Waals surface area (Å²) in [4.78, 5) is 2.28. The Kier molecular flexibility index (Phi) is 4.21. The molecule has 0 aliphatic carbocycles. The second kappa shape index (κ2) is 4.24. The van der Waals surface area contributed by atoms with E-state index in [0.717, 1.165) is 10.4 Å². The monoisotopic (exact) mass is 173 g/mol. The second-order valence-corrected chi connectivity index (χ2v) is 4.95. The molecule has 0 aromatic rings. The van der Waals surface area contributed by atoms with Gasteiger partial charge in [0.25, 0.3) is 0 Å². The topological polar surface area (TPSA) is 3.24 Å². The first-order valence-corrected chi connectivity index (χ1v) is 4.76. The lowest BCUT2D eigenvalue weighted by molar-refractivity contribution is -0.926. The summed E-state index contributed by atoms with van der Waals surface area (Å²) >= 11 is 0. The average Bonchev–Trinajstić information content (AvgIpc) is 1.82. The number of quaternary nitrogens is 1. The van der Waals surface area contributed by atoms with E-state index in [1.807, 2.05) is 0 Å². The summed E-state index contributed by atoms with van der Waals surface area (Å²) in [6.45, 7) is 8.08. The van der Waals surface area contributed by atoms with E-state index in [1.54, 1.807) is 0 Å². The van der Waals surface area contributed by atoms with Crippen molar-refractivity contribution in [3.63, 3.8) is 0 Å². The minimum atomic E-state index is 0.590. The van der Waals surface area contributed by atoms with Gasteiger partial charge in [0.05, 0.1) is 20.6 Å². The van der Waals surface area contributed by atoms with Crippen molar-refractivity contribution >= 4 is 0 Å². The van der Waals surface area contributed by atoms with Gasteiger partial charge in [0, 0.05) is 12.8 Å². The number of rotatable bonds is 4. The molecule has 0 fully saturated rings. The number of nitrogens with zero attached hydrogens (tertiary/aromatic N) is 2. The molecule has 0 aromatic heterocycles. The summed E-state index contributed by atoms with van der Waals surface area (Å²) in [7, 11) is 8.88. The van der Waals surface area contributed by atoms with Crippen LogP contribution in [0, 0.1) is 5.92 Å². The maximum absolute atomic E-state index is 2.30. The van der Waals surface area contributed by atoms with Crippen LogP contribution in [0.3, 0.4) is 0 Å². The van der Waals surface area contributed by atoms with Gasteiger partial charge in [-0.1, -0.05) is 13.8 Å². The first-order chi connectivity index (χ1) is 5.27. The minimum Gasteiger partial charge on any atom is -0.314 e. The van der Waals surface area contributed by atoms with Gasteiger partial charge in [0.1, 0.15) is 6.17 Å². The van der Waals surface area contributed by atoms with Gasteiger partial charge in [-0.2, -0.15) is 0 Å². The molecule has 0 aliphatic heterocycles. The third-order valence-corrected chi connectivity index (χ3v) is 2.59. The minimum absolute atomic E-state index is 0.590. The molecule has 0 radical (unpaired) electrons. The quantitative estimate of drug-likeness (QED) is 0.461. The van der Waals surface area contributed by atoms with E-state index in [-0.39, 0.29) is 0 Å².